The Hall–Kier alpha value is -2.72. The van der Waals surface area contributed by atoms with E-state index in [1.165, 1.54) is 11.6 Å². The normalized spacial score (nSPS) is 21.7. The lowest BCUT2D eigenvalue weighted by Gasteiger charge is -2.32. The maximum Gasteiger partial charge on any atom is 0.305 e. The van der Waals surface area contributed by atoms with Gasteiger partial charge in [-0.1, -0.05) is 53.5 Å². The summed E-state index contributed by atoms with van der Waals surface area (Å²) in [6.07, 6.45) is 2.91. The number of carbonyl (C=O) groups excluding carboxylic acids is 3. The predicted octanol–water partition coefficient (Wildman–Crippen LogP) is 4.10. The number of benzene rings is 2. The molecular weight excluding hydrogens is 570 g/mol. The topological polar surface area (TPSA) is 105 Å². The van der Waals surface area contributed by atoms with Gasteiger partial charge in [0, 0.05) is 43.7 Å². The number of nitrogens with one attached hydrogen (secondary N) is 1. The number of nitrogens with zero attached hydrogens (tertiary/aromatic N) is 2. The van der Waals surface area contributed by atoms with Crippen LogP contribution in [0.1, 0.15) is 50.2 Å². The smallest absolute Gasteiger partial charge is 0.305 e. The Balaban J connectivity index is 1.53. The van der Waals surface area contributed by atoms with Gasteiger partial charge in [0.2, 0.25) is 11.8 Å². The van der Waals surface area contributed by atoms with Crippen molar-refractivity contribution in [1.29, 1.82) is 0 Å². The van der Waals surface area contributed by atoms with Crippen molar-refractivity contribution in [2.45, 2.75) is 76.2 Å². The van der Waals surface area contributed by atoms with E-state index in [2.05, 4.69) is 22.3 Å². The fraction of sp³-hybridized carbons (Fsp3) is 0.500. The highest BCUT2D eigenvalue weighted by Gasteiger charge is 2.45. The Labute approximate surface area is 250 Å². The minimum absolute atomic E-state index is 0.0395. The Morgan fingerprint density at radius 1 is 1.20 bits per heavy atom. The van der Waals surface area contributed by atoms with Crippen molar-refractivity contribution in [1.82, 2.24) is 15.1 Å². The summed E-state index contributed by atoms with van der Waals surface area (Å²) in [5, 5.41) is 2.98. The van der Waals surface area contributed by atoms with Crippen LogP contribution in [0.3, 0.4) is 0 Å². The zero-order valence-electron chi connectivity index (χ0n) is 23.2. The van der Waals surface area contributed by atoms with Crippen LogP contribution in [0.15, 0.2) is 42.5 Å². The second-order valence-electron chi connectivity index (χ2n) is 10.6. The molecule has 0 radical (unpaired) electrons. The Morgan fingerprint density at radius 3 is 2.66 bits per heavy atom. The second-order valence-corrected chi connectivity index (χ2v) is 11.5. The maximum atomic E-state index is 14.5. The summed E-state index contributed by atoms with van der Waals surface area (Å²) in [5.41, 5.74) is 7.71. The third-order valence-electron chi connectivity index (χ3n) is 7.87. The van der Waals surface area contributed by atoms with Crippen LogP contribution in [0.4, 0.5) is 4.39 Å². The third-order valence-corrected chi connectivity index (χ3v) is 8.59. The fourth-order valence-electron chi connectivity index (χ4n) is 5.81. The number of hydrogen-bond acceptors (Lipinski definition) is 6. The zero-order chi connectivity index (χ0) is 29.5. The Kier molecular flexibility index (Phi) is 11.0. The van der Waals surface area contributed by atoms with Crippen LogP contribution in [0, 0.1) is 5.82 Å². The minimum Gasteiger partial charge on any atom is -0.466 e. The number of aryl methyl sites for hydroxylation is 1. The van der Waals surface area contributed by atoms with Crippen LogP contribution in [0.2, 0.25) is 10.0 Å². The van der Waals surface area contributed by atoms with Crippen molar-refractivity contribution < 1.29 is 23.5 Å². The van der Waals surface area contributed by atoms with Gasteiger partial charge in [0.15, 0.2) is 0 Å². The quantitative estimate of drug-likeness (QED) is 0.295. The molecule has 0 aliphatic carbocycles. The van der Waals surface area contributed by atoms with Crippen LogP contribution >= 0.6 is 23.2 Å². The van der Waals surface area contributed by atoms with Crippen LogP contribution in [0.25, 0.3) is 0 Å². The van der Waals surface area contributed by atoms with E-state index in [0.29, 0.717) is 25.9 Å². The number of carbonyl (C=O) groups is 3. The number of ether oxygens (including phenoxy) is 1. The highest BCUT2D eigenvalue weighted by Crippen LogP contribution is 2.30. The molecule has 41 heavy (non-hydrogen) atoms. The van der Waals surface area contributed by atoms with Gasteiger partial charge in [-0.25, -0.2) is 4.39 Å². The molecule has 2 aliphatic heterocycles. The lowest BCUT2D eigenvalue weighted by molar-refractivity contribution is -0.147. The number of rotatable bonds is 11. The van der Waals surface area contributed by atoms with Crippen LogP contribution in [-0.2, 0) is 32.1 Å². The summed E-state index contributed by atoms with van der Waals surface area (Å²) in [6, 6.07) is 11.2. The molecule has 11 heteroatoms. The molecule has 0 aromatic heterocycles. The lowest BCUT2D eigenvalue weighted by atomic mass is 10.0. The van der Waals surface area contributed by atoms with Gasteiger partial charge in [-0.3, -0.25) is 19.3 Å². The molecule has 4 atom stereocenters. The average Bonchev–Trinajstić information content (AvgIpc) is 3.29. The van der Waals surface area contributed by atoms with Crippen molar-refractivity contribution in [3.05, 3.63) is 69.5 Å². The van der Waals surface area contributed by atoms with Crippen molar-refractivity contribution in [2.75, 3.05) is 19.7 Å². The van der Waals surface area contributed by atoms with Gasteiger partial charge in [-0.05, 0) is 56.7 Å². The highest BCUT2D eigenvalue weighted by molar-refractivity contribution is 6.42. The summed E-state index contributed by atoms with van der Waals surface area (Å²) in [7, 11) is 0. The summed E-state index contributed by atoms with van der Waals surface area (Å²) >= 11 is 11.9. The molecule has 222 valence electrons. The number of halogens is 3. The van der Waals surface area contributed by atoms with E-state index in [-0.39, 0.29) is 59.6 Å². The van der Waals surface area contributed by atoms with E-state index < -0.39 is 29.8 Å². The van der Waals surface area contributed by atoms with Crippen molar-refractivity contribution >= 4 is 41.0 Å². The lowest BCUT2D eigenvalue weighted by Crippen LogP contribution is -2.53. The van der Waals surface area contributed by atoms with Gasteiger partial charge in [-0.2, -0.15) is 0 Å². The van der Waals surface area contributed by atoms with Crippen molar-refractivity contribution in [2.24, 2.45) is 5.73 Å². The SMILES string of the molecule is CCOC(=O)CC[C@H](C(=O)NCc1cc(Cl)c(Cl)cc1F)N1CCC(CCc2ccccc2)N2C[C@H](N)C[C@H]2C1=O. The van der Waals surface area contributed by atoms with Gasteiger partial charge in [0.1, 0.15) is 11.9 Å². The van der Waals surface area contributed by atoms with E-state index in [1.54, 1.807) is 11.8 Å². The summed E-state index contributed by atoms with van der Waals surface area (Å²) in [6.45, 7) is 2.73. The van der Waals surface area contributed by atoms with Crippen molar-refractivity contribution in [3.8, 4) is 0 Å². The first-order valence-corrected chi connectivity index (χ1v) is 14.9. The molecule has 2 aliphatic rings. The number of esters is 1. The third kappa shape index (κ3) is 7.97. The minimum atomic E-state index is -0.940. The van der Waals surface area contributed by atoms with Gasteiger partial charge in [0.25, 0.3) is 0 Å². The van der Waals surface area contributed by atoms with E-state index in [9.17, 15) is 18.8 Å². The molecular formula is C30H37Cl2FN4O4. The predicted molar refractivity (Wildman–Crippen MR) is 156 cm³/mol. The number of nitrogens with two attached hydrogens (primary N) is 1. The largest absolute Gasteiger partial charge is 0.466 e. The highest BCUT2D eigenvalue weighted by atomic mass is 35.5. The molecule has 0 saturated carbocycles. The second kappa shape index (κ2) is 14.4. The van der Waals surface area contributed by atoms with Crippen molar-refractivity contribution in [3.63, 3.8) is 0 Å². The Bertz CT molecular complexity index is 1230. The molecule has 8 nitrogen and oxygen atoms in total. The molecule has 3 N–H and O–H groups in total. The molecule has 2 amide bonds. The maximum absolute atomic E-state index is 14.5. The van der Waals surface area contributed by atoms with E-state index >= 15 is 0 Å². The molecule has 0 spiro atoms. The first-order chi connectivity index (χ1) is 19.7. The molecule has 4 rings (SSSR count). The number of hydrogen-bond donors (Lipinski definition) is 2. The number of amides is 2. The molecule has 2 heterocycles. The van der Waals surface area contributed by atoms with Gasteiger partial charge < -0.3 is 20.7 Å². The van der Waals surface area contributed by atoms with Gasteiger partial charge >= 0.3 is 5.97 Å². The monoisotopic (exact) mass is 606 g/mol. The first-order valence-electron chi connectivity index (χ1n) is 14.1. The fourth-order valence-corrected chi connectivity index (χ4v) is 6.15. The van der Waals surface area contributed by atoms with Gasteiger partial charge in [-0.15, -0.1) is 0 Å². The average molecular weight is 608 g/mol. The van der Waals surface area contributed by atoms with E-state index in [4.69, 9.17) is 33.7 Å². The molecule has 2 aromatic carbocycles. The van der Waals surface area contributed by atoms with E-state index in [0.717, 1.165) is 18.9 Å². The molecule has 2 fully saturated rings. The van der Waals surface area contributed by atoms with Crippen LogP contribution < -0.4 is 11.1 Å². The number of fused-ring (bicyclic) bond motifs is 1. The summed E-state index contributed by atoms with van der Waals surface area (Å²) in [5.74, 6) is -1.71. The molecule has 2 aromatic rings. The van der Waals surface area contributed by atoms with Gasteiger partial charge in [0.05, 0.1) is 22.7 Å². The first kappa shape index (κ1) is 31.2. The summed E-state index contributed by atoms with van der Waals surface area (Å²) in [4.78, 5) is 43.5. The van der Waals surface area contributed by atoms with Crippen LogP contribution in [-0.4, -0.2) is 71.4 Å². The van der Waals surface area contributed by atoms with E-state index in [1.807, 2.05) is 18.2 Å². The standard InChI is InChI=1S/C30H37Cl2FN4O4/c1-2-41-28(38)11-10-26(29(39)35-17-20-14-23(31)24(32)16-25(20)33)36-13-12-22(9-8-19-6-4-3-5-7-19)37-18-21(34)15-27(37)30(36)40/h3-7,14,16,21-22,26-27H,2,8-13,15,17-18,34H2,1H3,(H,35,39)/t21-,22?,26-,27+/m1/s1. The molecule has 1 unspecified atom stereocenters. The molecule has 0 bridgehead atoms. The zero-order valence-corrected chi connectivity index (χ0v) is 24.7. The molecule has 2 saturated heterocycles. The summed E-state index contributed by atoms with van der Waals surface area (Å²) < 4.78 is 19.6. The van der Waals surface area contributed by atoms with Crippen LogP contribution in [0.5, 0.6) is 0 Å². The Morgan fingerprint density at radius 2 is 1.93 bits per heavy atom.